The lowest BCUT2D eigenvalue weighted by atomic mass is 10.0. The minimum Gasteiger partial charge on any atom is -0.332 e. The number of aromatic nitrogens is 1. The van der Waals surface area contributed by atoms with Crippen LogP contribution in [0.5, 0.6) is 0 Å². The van der Waals surface area contributed by atoms with Crippen molar-refractivity contribution in [2.45, 2.75) is 56.8 Å². The number of hydrogen-bond acceptors (Lipinski definition) is 1. The molecule has 3 aromatic carbocycles. The normalized spacial score (nSPS) is 17.0. The van der Waals surface area contributed by atoms with Gasteiger partial charge in [-0.3, -0.25) is 0 Å². The Balaban J connectivity index is 1.65. The minimum atomic E-state index is -2.19. The SMILES string of the molecule is CC(C)(C)N[Si](C)(C(Cc1ccccc1)Cc1ccccc1)C1C=C(n2cccc2)c2ccccc21. The topological polar surface area (TPSA) is 17.0 Å². The zero-order valence-electron chi connectivity index (χ0n) is 22.0. The Morgan fingerprint density at radius 2 is 1.28 bits per heavy atom. The highest BCUT2D eigenvalue weighted by Gasteiger charge is 2.48. The number of fused-ring (bicyclic) bond motifs is 1. The molecule has 2 unspecified atom stereocenters. The van der Waals surface area contributed by atoms with Crippen molar-refractivity contribution in [3.63, 3.8) is 0 Å². The van der Waals surface area contributed by atoms with Crippen LogP contribution in [0.1, 0.15) is 48.6 Å². The zero-order chi connectivity index (χ0) is 25.2. The van der Waals surface area contributed by atoms with E-state index in [1.807, 2.05) is 0 Å². The van der Waals surface area contributed by atoms with Gasteiger partial charge in [-0.2, -0.15) is 0 Å². The molecule has 0 spiro atoms. The molecule has 4 aromatic rings. The van der Waals surface area contributed by atoms with Crippen molar-refractivity contribution in [2.24, 2.45) is 0 Å². The van der Waals surface area contributed by atoms with E-state index >= 15 is 0 Å². The van der Waals surface area contributed by atoms with Gasteiger partial charge in [-0.05, 0) is 68.0 Å². The third kappa shape index (κ3) is 5.18. The van der Waals surface area contributed by atoms with Gasteiger partial charge in [-0.15, -0.1) is 0 Å². The monoisotopic (exact) mass is 490 g/mol. The largest absolute Gasteiger partial charge is 0.332 e. The van der Waals surface area contributed by atoms with Crippen molar-refractivity contribution < 1.29 is 0 Å². The van der Waals surface area contributed by atoms with Crippen LogP contribution in [0.15, 0.2) is 116 Å². The van der Waals surface area contributed by atoms with Crippen molar-refractivity contribution in [1.29, 1.82) is 0 Å². The van der Waals surface area contributed by atoms with E-state index in [1.54, 1.807) is 0 Å². The van der Waals surface area contributed by atoms with Crippen LogP contribution in [0.2, 0.25) is 12.1 Å². The van der Waals surface area contributed by atoms with E-state index in [0.717, 1.165) is 12.8 Å². The van der Waals surface area contributed by atoms with Gasteiger partial charge in [0, 0.05) is 34.7 Å². The number of allylic oxidation sites excluding steroid dienone is 1. The van der Waals surface area contributed by atoms with Gasteiger partial charge in [-0.25, -0.2) is 0 Å². The Morgan fingerprint density at radius 1 is 0.750 bits per heavy atom. The van der Waals surface area contributed by atoms with Crippen LogP contribution >= 0.6 is 0 Å². The molecule has 3 heteroatoms. The van der Waals surface area contributed by atoms with Gasteiger partial charge >= 0.3 is 0 Å². The Kier molecular flexibility index (Phi) is 6.87. The molecule has 184 valence electrons. The van der Waals surface area contributed by atoms with Crippen molar-refractivity contribution in [2.75, 3.05) is 0 Å². The predicted molar refractivity (Wildman–Crippen MR) is 156 cm³/mol. The van der Waals surface area contributed by atoms with Crippen LogP contribution in [0.3, 0.4) is 0 Å². The van der Waals surface area contributed by atoms with Gasteiger partial charge in [0.2, 0.25) is 0 Å². The van der Waals surface area contributed by atoms with Gasteiger partial charge < -0.3 is 9.55 Å². The van der Waals surface area contributed by atoms with E-state index in [4.69, 9.17) is 0 Å². The summed E-state index contributed by atoms with van der Waals surface area (Å²) in [6.45, 7) is 9.60. The third-order valence-corrected chi connectivity index (χ3v) is 12.7. The van der Waals surface area contributed by atoms with Crippen LogP contribution in [-0.4, -0.2) is 18.3 Å². The van der Waals surface area contributed by atoms with Gasteiger partial charge in [-0.1, -0.05) is 97.6 Å². The van der Waals surface area contributed by atoms with E-state index in [1.165, 1.54) is 28.0 Å². The Morgan fingerprint density at radius 3 is 1.83 bits per heavy atom. The smallest absolute Gasteiger partial charge is 0.138 e. The van der Waals surface area contributed by atoms with E-state index in [0.29, 0.717) is 11.1 Å². The van der Waals surface area contributed by atoms with Crippen LogP contribution in [0.25, 0.3) is 5.70 Å². The van der Waals surface area contributed by atoms with Crippen molar-refractivity contribution in [3.8, 4) is 0 Å². The first-order valence-corrected chi connectivity index (χ1v) is 15.8. The van der Waals surface area contributed by atoms with E-state index in [2.05, 4.69) is 152 Å². The fourth-order valence-corrected chi connectivity index (χ4v) is 11.3. The van der Waals surface area contributed by atoms with Crippen molar-refractivity contribution in [1.82, 2.24) is 9.55 Å². The lowest BCUT2D eigenvalue weighted by Gasteiger charge is -2.45. The molecule has 0 saturated carbocycles. The second kappa shape index (κ2) is 10.1. The molecule has 0 radical (unpaired) electrons. The molecule has 0 saturated heterocycles. The molecule has 5 rings (SSSR count). The molecule has 0 aliphatic heterocycles. The maximum atomic E-state index is 4.31. The van der Waals surface area contributed by atoms with E-state index in [9.17, 15) is 0 Å². The molecule has 36 heavy (non-hydrogen) atoms. The summed E-state index contributed by atoms with van der Waals surface area (Å²) in [4.78, 5) is 4.31. The first-order chi connectivity index (χ1) is 17.3. The summed E-state index contributed by atoms with van der Waals surface area (Å²) in [5, 5.41) is 0. The molecule has 2 atom stereocenters. The lowest BCUT2D eigenvalue weighted by Crippen LogP contribution is -2.63. The predicted octanol–water partition coefficient (Wildman–Crippen LogP) is 7.83. The van der Waals surface area contributed by atoms with E-state index in [-0.39, 0.29) is 5.54 Å². The average Bonchev–Trinajstić information content (AvgIpc) is 3.52. The standard InChI is InChI=1S/C33H38N2Si/c1-33(2,3)34-36(4,28(23-26-15-7-5-8-16-26)24-27-17-9-6-10-18-27)32-25-31(35-21-13-14-22-35)29-19-11-12-20-30(29)32/h5-22,25,28,32,34H,23-24H2,1-4H3. The quantitative estimate of drug-likeness (QED) is 0.249. The molecule has 0 bridgehead atoms. The molecule has 0 fully saturated rings. The number of nitrogens with one attached hydrogen (secondary N) is 1. The summed E-state index contributed by atoms with van der Waals surface area (Å²) in [5.41, 5.74) is 7.91. The van der Waals surface area contributed by atoms with Crippen molar-refractivity contribution >= 4 is 13.9 Å². The average molecular weight is 491 g/mol. The second-order valence-corrected chi connectivity index (χ2v) is 15.7. The summed E-state index contributed by atoms with van der Waals surface area (Å²) in [5.74, 6) is 0. The molecule has 1 aromatic heterocycles. The second-order valence-electron chi connectivity index (χ2n) is 11.4. The highest BCUT2D eigenvalue weighted by atomic mass is 28.3. The van der Waals surface area contributed by atoms with Crippen molar-refractivity contribution in [3.05, 3.63) is 138 Å². The van der Waals surface area contributed by atoms with Gasteiger partial charge in [0.1, 0.15) is 8.24 Å². The molecule has 2 nitrogen and oxygen atoms in total. The maximum Gasteiger partial charge on any atom is 0.138 e. The molecular formula is C33H38N2Si. The molecule has 1 aliphatic carbocycles. The van der Waals surface area contributed by atoms with Crippen LogP contribution in [0, 0.1) is 0 Å². The summed E-state index contributed by atoms with van der Waals surface area (Å²) in [7, 11) is -2.19. The molecular weight excluding hydrogens is 452 g/mol. The van der Waals surface area contributed by atoms with E-state index < -0.39 is 8.24 Å². The zero-order valence-corrected chi connectivity index (χ0v) is 23.0. The maximum absolute atomic E-state index is 4.31. The van der Waals surface area contributed by atoms with Crippen LogP contribution in [0.4, 0.5) is 0 Å². The number of nitrogens with zero attached hydrogens (tertiary/aromatic N) is 1. The van der Waals surface area contributed by atoms with Crippen LogP contribution in [-0.2, 0) is 12.8 Å². The van der Waals surface area contributed by atoms with Gasteiger partial charge in [0.05, 0.1) is 0 Å². The summed E-state index contributed by atoms with van der Waals surface area (Å²) < 4.78 is 2.29. The minimum absolute atomic E-state index is 0.0194. The Hall–Kier alpha value is -3.14. The molecule has 1 heterocycles. The highest BCUT2D eigenvalue weighted by molar-refractivity contribution is 6.80. The van der Waals surface area contributed by atoms with Crippen LogP contribution < -0.4 is 4.98 Å². The Bertz CT molecular complexity index is 1260. The first-order valence-electron chi connectivity index (χ1n) is 13.2. The van der Waals surface area contributed by atoms with Gasteiger partial charge in [0.15, 0.2) is 0 Å². The fourth-order valence-electron chi connectivity index (χ4n) is 6.09. The number of hydrogen-bond donors (Lipinski definition) is 1. The Labute approximate surface area is 217 Å². The number of rotatable bonds is 8. The molecule has 1 aliphatic rings. The highest BCUT2D eigenvalue weighted by Crippen LogP contribution is 2.47. The summed E-state index contributed by atoms with van der Waals surface area (Å²) in [6, 6.07) is 35.5. The molecule has 1 N–H and O–H groups in total. The molecule has 0 amide bonds. The first kappa shape index (κ1) is 24.5. The number of benzene rings is 3. The lowest BCUT2D eigenvalue weighted by molar-refractivity contribution is 0.496. The summed E-state index contributed by atoms with van der Waals surface area (Å²) >= 11 is 0. The third-order valence-electron chi connectivity index (χ3n) is 7.57. The van der Waals surface area contributed by atoms with Gasteiger partial charge in [0.25, 0.3) is 0 Å². The fraction of sp³-hybridized carbons (Fsp3) is 0.273. The summed E-state index contributed by atoms with van der Waals surface area (Å²) in [6.07, 6.45) is 9.07.